The Morgan fingerprint density at radius 3 is 2.18 bits per heavy atom. The van der Waals surface area contributed by atoms with Crippen molar-refractivity contribution < 1.29 is 32.2 Å². The summed E-state index contributed by atoms with van der Waals surface area (Å²) < 4.78 is 50.3. The van der Waals surface area contributed by atoms with Crippen molar-refractivity contribution >= 4 is 17.6 Å². The zero-order valence-electron chi connectivity index (χ0n) is 17.9. The number of benzene rings is 2. The Balaban J connectivity index is 1.63. The highest BCUT2D eigenvalue weighted by Gasteiger charge is 2.51. The van der Waals surface area contributed by atoms with Gasteiger partial charge in [0, 0.05) is 37.0 Å². The Bertz CT molecular complexity index is 1020. The third kappa shape index (κ3) is 5.03. The van der Waals surface area contributed by atoms with Crippen LogP contribution in [0.4, 0.5) is 18.9 Å². The number of carbonyl (C=O) groups is 2. The highest BCUT2D eigenvalue weighted by atomic mass is 19.4. The molecule has 9 heteroatoms. The first-order valence-electron chi connectivity index (χ1n) is 10.5. The summed E-state index contributed by atoms with van der Waals surface area (Å²) in [6, 6.07) is 14.2. The molecule has 0 saturated carbocycles. The molecule has 1 unspecified atom stereocenters. The quantitative estimate of drug-likeness (QED) is 0.640. The van der Waals surface area contributed by atoms with Gasteiger partial charge in [-0.1, -0.05) is 30.3 Å². The summed E-state index contributed by atoms with van der Waals surface area (Å²) in [5, 5.41) is 0. The molecule has 2 aliphatic rings. The van der Waals surface area contributed by atoms with Gasteiger partial charge < -0.3 is 14.4 Å². The van der Waals surface area contributed by atoms with E-state index in [-0.39, 0.29) is 12.5 Å². The molecule has 33 heavy (non-hydrogen) atoms. The average Bonchev–Trinajstić information content (AvgIpc) is 2.91. The number of halogens is 3. The fourth-order valence-corrected chi connectivity index (χ4v) is 4.22. The molecule has 0 aromatic heterocycles. The third-order valence-electron chi connectivity index (χ3n) is 5.87. The summed E-state index contributed by atoms with van der Waals surface area (Å²) in [5.74, 6) is -3.29. The fraction of sp³-hybridized carbons (Fsp3) is 0.333. The summed E-state index contributed by atoms with van der Waals surface area (Å²) >= 11 is 0. The molecule has 1 spiro atoms. The van der Waals surface area contributed by atoms with Crippen LogP contribution < -0.4 is 4.90 Å². The number of hydrogen-bond acceptors (Lipinski definition) is 6. The minimum atomic E-state index is -4.48. The second-order valence-electron chi connectivity index (χ2n) is 8.13. The van der Waals surface area contributed by atoms with Crippen molar-refractivity contribution in [1.29, 1.82) is 0 Å². The van der Waals surface area contributed by atoms with Gasteiger partial charge in [0.2, 0.25) is 0 Å². The number of hydrogen-bond donors (Lipinski definition) is 0. The minimum absolute atomic E-state index is 0.116. The van der Waals surface area contributed by atoms with Crippen LogP contribution in [0.5, 0.6) is 0 Å². The molecule has 0 radical (unpaired) electrons. The van der Waals surface area contributed by atoms with Gasteiger partial charge in [-0.25, -0.2) is 9.59 Å². The highest BCUT2D eigenvalue weighted by Crippen LogP contribution is 2.39. The van der Waals surface area contributed by atoms with Crippen LogP contribution in [-0.2, 0) is 31.8 Å². The zero-order valence-corrected chi connectivity index (χ0v) is 17.9. The fourth-order valence-electron chi connectivity index (χ4n) is 4.22. The van der Waals surface area contributed by atoms with Crippen LogP contribution in [0, 0.1) is 0 Å². The lowest BCUT2D eigenvalue weighted by atomic mass is 9.97. The monoisotopic (exact) mass is 460 g/mol. The van der Waals surface area contributed by atoms with Gasteiger partial charge in [-0.05, 0) is 43.3 Å². The van der Waals surface area contributed by atoms with Crippen molar-refractivity contribution in [3.05, 3.63) is 77.9 Å². The van der Waals surface area contributed by atoms with E-state index in [1.807, 2.05) is 37.4 Å². The van der Waals surface area contributed by atoms with E-state index in [2.05, 4.69) is 4.90 Å². The van der Waals surface area contributed by atoms with Crippen molar-refractivity contribution in [1.82, 2.24) is 4.90 Å². The third-order valence-corrected chi connectivity index (χ3v) is 5.87. The minimum Gasteiger partial charge on any atom is -0.400 e. The van der Waals surface area contributed by atoms with Crippen LogP contribution in [0.15, 0.2) is 66.7 Å². The van der Waals surface area contributed by atoms with Gasteiger partial charge in [-0.15, -0.1) is 0 Å². The molecule has 1 fully saturated rings. The smallest absolute Gasteiger partial charge is 0.400 e. The lowest BCUT2D eigenvalue weighted by molar-refractivity contribution is -0.232. The molecule has 0 bridgehead atoms. The SMILES string of the molecule is CN(Cc1ccccc1)C1CCN(c2ccc(C(F)(F)F)cc2)C2(C1)OC(=O)C=CC(=O)O2. The average molecular weight is 460 g/mol. The van der Waals surface area contributed by atoms with Gasteiger partial charge in [-0.3, -0.25) is 4.90 Å². The molecule has 4 rings (SSSR count). The van der Waals surface area contributed by atoms with Crippen LogP contribution in [0.1, 0.15) is 24.0 Å². The number of rotatable bonds is 4. The number of nitrogens with zero attached hydrogens (tertiary/aromatic N) is 2. The maximum atomic E-state index is 13.0. The molecule has 1 atom stereocenters. The standard InChI is InChI=1S/C24H23F3N2O4/c1-28(16-17-5-3-2-4-6-17)20-13-14-29(19-9-7-18(8-10-19)24(25,26)27)23(15-20)32-21(30)11-12-22(31)33-23/h2-12,20H,13-16H2,1H3. The van der Waals surface area contributed by atoms with Gasteiger partial charge in [0.15, 0.2) is 0 Å². The van der Waals surface area contributed by atoms with E-state index in [0.717, 1.165) is 29.8 Å². The molecule has 1 saturated heterocycles. The Kier molecular flexibility index (Phi) is 6.16. The molecule has 6 nitrogen and oxygen atoms in total. The largest absolute Gasteiger partial charge is 0.416 e. The van der Waals surface area contributed by atoms with E-state index in [9.17, 15) is 22.8 Å². The Labute approximate surface area is 189 Å². The van der Waals surface area contributed by atoms with Gasteiger partial charge >= 0.3 is 24.0 Å². The van der Waals surface area contributed by atoms with E-state index in [4.69, 9.17) is 9.47 Å². The second-order valence-corrected chi connectivity index (χ2v) is 8.13. The van der Waals surface area contributed by atoms with Crippen molar-refractivity contribution in [2.45, 2.75) is 37.5 Å². The van der Waals surface area contributed by atoms with Gasteiger partial charge in [-0.2, -0.15) is 13.2 Å². The summed E-state index contributed by atoms with van der Waals surface area (Å²) in [5.41, 5.74) is 0.653. The van der Waals surface area contributed by atoms with Crippen molar-refractivity contribution in [3.8, 4) is 0 Å². The van der Waals surface area contributed by atoms with Crippen LogP contribution in [0.2, 0.25) is 0 Å². The molecular weight excluding hydrogens is 437 g/mol. The molecule has 0 N–H and O–H groups in total. The van der Waals surface area contributed by atoms with Gasteiger partial charge in [0.25, 0.3) is 0 Å². The second kappa shape index (κ2) is 8.90. The molecule has 2 aromatic rings. The predicted molar refractivity (Wildman–Crippen MR) is 114 cm³/mol. The maximum Gasteiger partial charge on any atom is 0.416 e. The summed E-state index contributed by atoms with van der Waals surface area (Å²) in [7, 11) is 1.93. The van der Waals surface area contributed by atoms with Crippen molar-refractivity contribution in [3.63, 3.8) is 0 Å². The number of alkyl halides is 3. The molecule has 174 valence electrons. The van der Waals surface area contributed by atoms with Crippen LogP contribution in [0.25, 0.3) is 0 Å². The first-order valence-corrected chi connectivity index (χ1v) is 10.5. The predicted octanol–water partition coefficient (Wildman–Crippen LogP) is 4.12. The van der Waals surface area contributed by atoms with Crippen molar-refractivity contribution in [2.24, 2.45) is 0 Å². The summed E-state index contributed by atoms with van der Waals surface area (Å²) in [6.45, 7) is 0.928. The normalized spacial score (nSPS) is 20.5. The Hall–Kier alpha value is -3.33. The van der Waals surface area contributed by atoms with E-state index in [0.29, 0.717) is 25.2 Å². The summed E-state index contributed by atoms with van der Waals surface area (Å²) in [6.07, 6.45) is -1.75. The lowest BCUT2D eigenvalue weighted by Gasteiger charge is -2.48. The van der Waals surface area contributed by atoms with E-state index < -0.39 is 29.6 Å². The van der Waals surface area contributed by atoms with Crippen molar-refractivity contribution in [2.75, 3.05) is 18.5 Å². The van der Waals surface area contributed by atoms with Crippen LogP contribution in [-0.4, -0.2) is 42.4 Å². The van der Waals surface area contributed by atoms with Crippen LogP contribution >= 0.6 is 0 Å². The number of ether oxygens (including phenoxy) is 2. The number of esters is 2. The number of piperidine rings is 1. The topological polar surface area (TPSA) is 59.1 Å². The number of carbonyl (C=O) groups excluding carboxylic acids is 2. The first kappa shape index (κ1) is 22.8. The molecule has 2 aromatic carbocycles. The van der Waals surface area contributed by atoms with Gasteiger partial charge in [0.1, 0.15) is 0 Å². The molecule has 0 amide bonds. The van der Waals surface area contributed by atoms with Gasteiger partial charge in [0.05, 0.1) is 12.0 Å². The molecule has 0 aliphatic carbocycles. The Morgan fingerprint density at radius 2 is 1.61 bits per heavy atom. The van der Waals surface area contributed by atoms with E-state index >= 15 is 0 Å². The first-order chi connectivity index (χ1) is 15.7. The number of anilines is 1. The van der Waals surface area contributed by atoms with E-state index in [1.165, 1.54) is 12.1 Å². The summed E-state index contributed by atoms with van der Waals surface area (Å²) in [4.78, 5) is 28.2. The lowest BCUT2D eigenvalue weighted by Crippen LogP contribution is -2.62. The molecule has 2 heterocycles. The zero-order chi connectivity index (χ0) is 23.6. The molecular formula is C24H23F3N2O4. The van der Waals surface area contributed by atoms with Crippen LogP contribution in [0.3, 0.4) is 0 Å². The molecule has 2 aliphatic heterocycles. The Morgan fingerprint density at radius 1 is 1.00 bits per heavy atom. The highest BCUT2D eigenvalue weighted by molar-refractivity contribution is 5.93. The van der Waals surface area contributed by atoms with E-state index in [1.54, 1.807) is 4.90 Å². The maximum absolute atomic E-state index is 13.0.